The van der Waals surface area contributed by atoms with Gasteiger partial charge in [-0.25, -0.2) is 4.79 Å². The maximum absolute atomic E-state index is 12.6. The second kappa shape index (κ2) is 8.62. The molecule has 1 aromatic carbocycles. The van der Waals surface area contributed by atoms with Gasteiger partial charge in [-0.2, -0.15) is 21.6 Å². The van der Waals surface area contributed by atoms with Crippen molar-refractivity contribution in [1.82, 2.24) is 0 Å². The fraction of sp³-hybridized carbons (Fsp3) is 0.500. The Labute approximate surface area is 166 Å². The first-order valence-corrected chi connectivity index (χ1v) is 9.83. The summed E-state index contributed by atoms with van der Waals surface area (Å²) in [5, 5.41) is 0. The van der Waals surface area contributed by atoms with E-state index in [-0.39, 0.29) is 31.6 Å². The number of allylic oxidation sites excluding steroid dienone is 1. The van der Waals surface area contributed by atoms with Gasteiger partial charge < -0.3 is 18.4 Å². The average Bonchev–Trinajstić information content (AvgIpc) is 2.96. The number of carbonyl (C=O) groups excluding carboxylic acids is 1. The molecule has 0 amide bonds. The molecule has 1 unspecified atom stereocenters. The van der Waals surface area contributed by atoms with E-state index < -0.39 is 32.8 Å². The number of ether oxygens (including phenoxy) is 3. The van der Waals surface area contributed by atoms with Crippen LogP contribution in [0.4, 0.5) is 13.2 Å². The van der Waals surface area contributed by atoms with Gasteiger partial charge in [0.1, 0.15) is 11.5 Å². The van der Waals surface area contributed by atoms with Crippen molar-refractivity contribution in [3.63, 3.8) is 0 Å². The minimum absolute atomic E-state index is 0.0506. The molecular weight excluding hydrogens is 417 g/mol. The lowest BCUT2D eigenvalue weighted by Gasteiger charge is -2.24. The van der Waals surface area contributed by atoms with E-state index in [1.807, 2.05) is 0 Å². The first kappa shape index (κ1) is 23.0. The molecule has 0 bridgehead atoms. The number of benzene rings is 1. The smallest absolute Gasteiger partial charge is 0.497 e. The van der Waals surface area contributed by atoms with Gasteiger partial charge in [-0.05, 0) is 24.1 Å². The van der Waals surface area contributed by atoms with Crippen LogP contribution in [0, 0.1) is 5.41 Å². The molecule has 0 aromatic heterocycles. The molecular formula is C18H21F3O7S. The second-order valence-corrected chi connectivity index (χ2v) is 8.42. The number of hydrogen-bond donors (Lipinski definition) is 0. The molecule has 0 saturated heterocycles. The lowest BCUT2D eigenvalue weighted by atomic mass is 9.87. The number of carbonyl (C=O) groups is 1. The molecule has 0 saturated carbocycles. The Morgan fingerprint density at radius 1 is 1.14 bits per heavy atom. The largest absolute Gasteiger partial charge is 0.534 e. The Bertz CT molecular complexity index is 876. The van der Waals surface area contributed by atoms with Crippen molar-refractivity contribution in [3.8, 4) is 5.75 Å². The zero-order valence-corrected chi connectivity index (χ0v) is 16.9. The lowest BCUT2D eigenvalue weighted by Crippen LogP contribution is -2.26. The van der Waals surface area contributed by atoms with Crippen molar-refractivity contribution in [2.45, 2.75) is 31.9 Å². The Balaban J connectivity index is 2.08. The van der Waals surface area contributed by atoms with Crippen molar-refractivity contribution >= 4 is 16.1 Å². The highest BCUT2D eigenvalue weighted by molar-refractivity contribution is 7.87. The highest BCUT2D eigenvalue weighted by atomic mass is 32.2. The number of methoxy groups -OCH3 is 2. The highest BCUT2D eigenvalue weighted by Gasteiger charge is 2.51. The van der Waals surface area contributed by atoms with Gasteiger partial charge in [0, 0.05) is 11.8 Å². The summed E-state index contributed by atoms with van der Waals surface area (Å²) in [6, 6.07) is 7.08. The van der Waals surface area contributed by atoms with E-state index in [0.717, 1.165) is 12.7 Å². The van der Waals surface area contributed by atoms with Gasteiger partial charge in [0.25, 0.3) is 0 Å². The predicted molar refractivity (Wildman–Crippen MR) is 95.1 cm³/mol. The maximum atomic E-state index is 12.6. The first-order valence-electron chi connectivity index (χ1n) is 8.42. The van der Waals surface area contributed by atoms with Gasteiger partial charge in [0.2, 0.25) is 0 Å². The second-order valence-electron chi connectivity index (χ2n) is 6.88. The third kappa shape index (κ3) is 5.63. The minimum atomic E-state index is -5.89. The lowest BCUT2D eigenvalue weighted by molar-refractivity contribution is -0.136. The van der Waals surface area contributed by atoms with E-state index >= 15 is 0 Å². The maximum Gasteiger partial charge on any atom is 0.534 e. The van der Waals surface area contributed by atoms with Crippen LogP contribution in [-0.2, 0) is 35.2 Å². The van der Waals surface area contributed by atoms with Gasteiger partial charge in [-0.1, -0.05) is 19.1 Å². The molecule has 2 rings (SSSR count). The van der Waals surface area contributed by atoms with E-state index in [9.17, 15) is 26.4 Å². The van der Waals surface area contributed by atoms with Crippen LogP contribution in [0.25, 0.3) is 0 Å². The average molecular weight is 438 g/mol. The molecule has 1 aromatic rings. The zero-order valence-electron chi connectivity index (χ0n) is 16.0. The fourth-order valence-electron chi connectivity index (χ4n) is 2.89. The van der Waals surface area contributed by atoms with Crippen LogP contribution in [0.5, 0.6) is 5.75 Å². The van der Waals surface area contributed by atoms with Crippen molar-refractivity contribution < 1.29 is 44.8 Å². The molecule has 1 aliphatic carbocycles. The van der Waals surface area contributed by atoms with Crippen molar-refractivity contribution in [2.75, 3.05) is 20.8 Å². The quantitative estimate of drug-likeness (QED) is 0.350. The standard InChI is InChI=1S/C18H21F3O7S/c1-17(11-27-10-12-4-6-13(25-2)7-5-12)8-14(16(22)26-3)15(9-17)28-29(23,24)18(19,20)21/h4-7H,8-11H2,1-3H3. The third-order valence-corrected chi connectivity index (χ3v) is 5.32. The van der Waals surface area contributed by atoms with E-state index in [1.54, 1.807) is 31.2 Å². The van der Waals surface area contributed by atoms with Gasteiger partial charge in [0.15, 0.2) is 0 Å². The molecule has 0 N–H and O–H groups in total. The molecule has 1 atom stereocenters. The van der Waals surface area contributed by atoms with Crippen LogP contribution in [0.2, 0.25) is 0 Å². The Morgan fingerprint density at radius 2 is 1.76 bits per heavy atom. The summed E-state index contributed by atoms with van der Waals surface area (Å²) in [4.78, 5) is 11.9. The number of rotatable bonds is 8. The van der Waals surface area contributed by atoms with Gasteiger partial charge in [-0.3, -0.25) is 0 Å². The molecule has 7 nitrogen and oxygen atoms in total. The predicted octanol–water partition coefficient (Wildman–Crippen LogP) is 3.31. The fourth-order valence-corrected chi connectivity index (χ4v) is 3.41. The number of esters is 1. The van der Waals surface area contributed by atoms with Crippen LogP contribution in [-0.4, -0.2) is 40.7 Å². The highest BCUT2D eigenvalue weighted by Crippen LogP contribution is 2.44. The topological polar surface area (TPSA) is 88.1 Å². The Hall–Kier alpha value is -2.27. The van der Waals surface area contributed by atoms with Crippen LogP contribution < -0.4 is 4.74 Å². The molecule has 1 aliphatic rings. The normalized spacial score (nSPS) is 19.9. The molecule has 0 radical (unpaired) electrons. The molecule has 0 spiro atoms. The summed E-state index contributed by atoms with van der Waals surface area (Å²) >= 11 is 0. The summed E-state index contributed by atoms with van der Waals surface area (Å²) in [5.41, 5.74) is -5.86. The van der Waals surface area contributed by atoms with E-state index in [1.165, 1.54) is 7.11 Å². The van der Waals surface area contributed by atoms with Crippen LogP contribution in [0.3, 0.4) is 0 Å². The Morgan fingerprint density at radius 3 is 2.28 bits per heavy atom. The van der Waals surface area contributed by atoms with Crippen molar-refractivity contribution in [1.29, 1.82) is 0 Å². The minimum Gasteiger partial charge on any atom is -0.497 e. The zero-order chi connectivity index (χ0) is 21.9. The molecule has 162 valence electrons. The number of alkyl halides is 3. The van der Waals surface area contributed by atoms with E-state index in [4.69, 9.17) is 9.47 Å². The molecule has 0 heterocycles. The van der Waals surface area contributed by atoms with Crippen LogP contribution in [0.1, 0.15) is 25.3 Å². The third-order valence-electron chi connectivity index (χ3n) is 4.33. The molecule has 29 heavy (non-hydrogen) atoms. The van der Waals surface area contributed by atoms with Crippen molar-refractivity contribution in [3.05, 3.63) is 41.2 Å². The van der Waals surface area contributed by atoms with Gasteiger partial charge in [0.05, 0.1) is 33.0 Å². The molecule has 11 heteroatoms. The van der Waals surface area contributed by atoms with Gasteiger partial charge in [-0.15, -0.1) is 0 Å². The Kier molecular flexibility index (Phi) is 6.84. The summed E-state index contributed by atoms with van der Waals surface area (Å²) in [6.07, 6.45) is -0.277. The molecule has 0 fully saturated rings. The monoisotopic (exact) mass is 438 g/mol. The van der Waals surface area contributed by atoms with Crippen LogP contribution >= 0.6 is 0 Å². The van der Waals surface area contributed by atoms with E-state index in [2.05, 4.69) is 8.92 Å². The first-order chi connectivity index (χ1) is 13.4. The number of hydrogen-bond acceptors (Lipinski definition) is 7. The van der Waals surface area contributed by atoms with Crippen molar-refractivity contribution in [2.24, 2.45) is 5.41 Å². The summed E-state index contributed by atoms with van der Waals surface area (Å²) in [7, 11) is -3.31. The van der Waals surface area contributed by atoms with Gasteiger partial charge >= 0.3 is 21.6 Å². The number of halogens is 3. The summed E-state index contributed by atoms with van der Waals surface area (Å²) in [5.74, 6) is -0.850. The summed E-state index contributed by atoms with van der Waals surface area (Å²) in [6.45, 7) is 1.92. The molecule has 0 aliphatic heterocycles. The van der Waals surface area contributed by atoms with Crippen LogP contribution in [0.15, 0.2) is 35.6 Å². The SMILES string of the molecule is COC(=O)C1=C(OS(=O)(=O)C(F)(F)F)CC(C)(COCc2ccc(OC)cc2)C1. The van der Waals surface area contributed by atoms with E-state index in [0.29, 0.717) is 5.75 Å². The summed E-state index contributed by atoms with van der Waals surface area (Å²) < 4.78 is 80.1.